The Bertz CT molecular complexity index is 862. The maximum atomic E-state index is 13.2. The summed E-state index contributed by atoms with van der Waals surface area (Å²) in [7, 11) is 0. The summed E-state index contributed by atoms with van der Waals surface area (Å²) in [5, 5.41) is 0.425. The van der Waals surface area contributed by atoms with Gasteiger partial charge in [0.2, 0.25) is 0 Å². The van der Waals surface area contributed by atoms with Crippen molar-refractivity contribution in [3.8, 4) is 11.1 Å². The molecular formula is C20H12ClF. The van der Waals surface area contributed by atoms with Crippen molar-refractivity contribution in [2.24, 2.45) is 0 Å². The lowest BCUT2D eigenvalue weighted by atomic mass is 10.0. The largest absolute Gasteiger partial charge is 0.207 e. The van der Waals surface area contributed by atoms with Gasteiger partial charge in [0.1, 0.15) is 5.82 Å². The van der Waals surface area contributed by atoms with Crippen molar-refractivity contribution in [2.75, 3.05) is 0 Å². The Morgan fingerprint density at radius 1 is 0.727 bits per heavy atom. The average Bonchev–Trinajstić information content (AvgIpc) is 2.85. The highest BCUT2D eigenvalue weighted by atomic mass is 35.5. The second-order valence-corrected chi connectivity index (χ2v) is 5.72. The minimum atomic E-state index is -0.320. The number of hydrogen-bond donors (Lipinski definition) is 0. The van der Waals surface area contributed by atoms with E-state index in [0.29, 0.717) is 5.02 Å². The summed E-state index contributed by atoms with van der Waals surface area (Å²) in [6.07, 6.45) is 2.03. The predicted octanol–water partition coefficient (Wildman–Crippen LogP) is 6.05. The topological polar surface area (TPSA) is 0 Å². The molecule has 22 heavy (non-hydrogen) atoms. The lowest BCUT2D eigenvalue weighted by Gasteiger charge is -2.05. The van der Waals surface area contributed by atoms with Crippen molar-refractivity contribution in [3.05, 3.63) is 94.3 Å². The summed E-state index contributed by atoms with van der Waals surface area (Å²) in [4.78, 5) is 0. The van der Waals surface area contributed by atoms with E-state index < -0.39 is 0 Å². The third-order valence-electron chi connectivity index (χ3n) is 3.99. The molecule has 1 aliphatic rings. The van der Waals surface area contributed by atoms with Crippen LogP contribution in [0.15, 0.2) is 66.7 Å². The van der Waals surface area contributed by atoms with Crippen LogP contribution >= 0.6 is 11.6 Å². The van der Waals surface area contributed by atoms with Crippen molar-refractivity contribution in [2.45, 2.75) is 0 Å². The molecule has 0 unspecified atom stereocenters. The smallest absolute Gasteiger partial charge is 0.124 e. The maximum absolute atomic E-state index is 13.2. The third kappa shape index (κ3) is 2.06. The molecule has 3 aromatic carbocycles. The van der Waals surface area contributed by atoms with Crippen LogP contribution in [-0.2, 0) is 0 Å². The first-order valence-corrected chi connectivity index (χ1v) is 7.48. The van der Waals surface area contributed by atoms with Crippen molar-refractivity contribution < 1.29 is 4.39 Å². The summed E-state index contributed by atoms with van der Waals surface area (Å²) in [6.45, 7) is 0. The Kier molecular flexibility index (Phi) is 3.09. The van der Waals surface area contributed by atoms with E-state index in [4.69, 9.17) is 11.6 Å². The monoisotopic (exact) mass is 306 g/mol. The van der Waals surface area contributed by atoms with Crippen LogP contribution in [0.25, 0.3) is 22.8 Å². The normalized spacial score (nSPS) is 12.0. The first-order valence-electron chi connectivity index (χ1n) is 7.10. The van der Waals surface area contributed by atoms with E-state index in [1.807, 2.05) is 30.3 Å². The predicted molar refractivity (Wildman–Crippen MR) is 90.3 cm³/mol. The summed E-state index contributed by atoms with van der Waals surface area (Å²) in [5.41, 5.74) is 6.77. The molecule has 0 atom stereocenters. The fraction of sp³-hybridized carbons (Fsp3) is 0. The molecule has 0 aliphatic heterocycles. The minimum Gasteiger partial charge on any atom is -0.207 e. The standard InChI is InChI=1S/C20H12ClF/c21-20-12-14(22)10-9-13(20)11-19-17-7-3-1-5-15(17)16-6-2-4-8-18(16)19/h1-12H. The van der Waals surface area contributed by atoms with Crippen molar-refractivity contribution in [1.82, 2.24) is 0 Å². The van der Waals surface area contributed by atoms with Crippen LogP contribution in [0, 0.1) is 5.82 Å². The highest BCUT2D eigenvalue weighted by Crippen LogP contribution is 2.45. The molecule has 0 N–H and O–H groups in total. The molecule has 106 valence electrons. The summed E-state index contributed by atoms with van der Waals surface area (Å²) in [6, 6.07) is 21.1. The molecule has 0 amide bonds. The summed E-state index contributed by atoms with van der Waals surface area (Å²) < 4.78 is 13.2. The summed E-state index contributed by atoms with van der Waals surface area (Å²) in [5.74, 6) is -0.320. The molecule has 0 nitrogen and oxygen atoms in total. The van der Waals surface area contributed by atoms with Gasteiger partial charge in [0.25, 0.3) is 0 Å². The van der Waals surface area contributed by atoms with E-state index in [1.165, 1.54) is 34.4 Å². The second-order valence-electron chi connectivity index (χ2n) is 5.32. The molecule has 0 saturated heterocycles. The Morgan fingerprint density at radius 3 is 1.82 bits per heavy atom. The van der Waals surface area contributed by atoms with Crippen LogP contribution in [0.2, 0.25) is 5.02 Å². The highest BCUT2D eigenvalue weighted by Gasteiger charge is 2.22. The molecule has 1 aliphatic carbocycles. The lowest BCUT2D eigenvalue weighted by molar-refractivity contribution is 0.628. The Morgan fingerprint density at radius 2 is 1.27 bits per heavy atom. The molecule has 2 heteroatoms. The van der Waals surface area contributed by atoms with Gasteiger partial charge in [-0.05, 0) is 51.6 Å². The SMILES string of the molecule is Fc1ccc(C=C2c3ccccc3-c3ccccc32)c(Cl)c1. The van der Waals surface area contributed by atoms with Crippen molar-refractivity contribution in [3.63, 3.8) is 0 Å². The van der Waals surface area contributed by atoms with E-state index in [9.17, 15) is 4.39 Å². The number of benzene rings is 3. The van der Waals surface area contributed by atoms with Gasteiger partial charge in [0, 0.05) is 0 Å². The van der Waals surface area contributed by atoms with Gasteiger partial charge in [-0.3, -0.25) is 0 Å². The van der Waals surface area contributed by atoms with Crippen molar-refractivity contribution >= 4 is 23.3 Å². The van der Waals surface area contributed by atoms with Gasteiger partial charge in [-0.25, -0.2) is 4.39 Å². The molecule has 4 rings (SSSR count). The number of hydrogen-bond acceptors (Lipinski definition) is 0. The Labute approximate surface area is 133 Å². The lowest BCUT2D eigenvalue weighted by Crippen LogP contribution is -1.84. The van der Waals surface area contributed by atoms with Gasteiger partial charge in [-0.2, -0.15) is 0 Å². The van der Waals surface area contributed by atoms with Crippen LogP contribution in [0.5, 0.6) is 0 Å². The van der Waals surface area contributed by atoms with Gasteiger partial charge in [0.05, 0.1) is 5.02 Å². The fourth-order valence-corrected chi connectivity index (χ4v) is 3.20. The summed E-state index contributed by atoms with van der Waals surface area (Å²) >= 11 is 6.18. The molecule has 0 saturated carbocycles. The molecule has 0 spiro atoms. The first kappa shape index (κ1) is 13.3. The maximum Gasteiger partial charge on any atom is 0.124 e. The first-order chi connectivity index (χ1) is 10.7. The average molecular weight is 307 g/mol. The zero-order valence-electron chi connectivity index (χ0n) is 11.7. The number of halogens is 2. The highest BCUT2D eigenvalue weighted by molar-refractivity contribution is 6.32. The van der Waals surface area contributed by atoms with Crippen LogP contribution in [0.4, 0.5) is 4.39 Å². The van der Waals surface area contributed by atoms with Crippen LogP contribution in [0.1, 0.15) is 16.7 Å². The Hall–Kier alpha value is -2.38. The molecular weight excluding hydrogens is 295 g/mol. The van der Waals surface area contributed by atoms with E-state index in [1.54, 1.807) is 6.07 Å². The van der Waals surface area contributed by atoms with Crippen LogP contribution in [-0.4, -0.2) is 0 Å². The second kappa shape index (κ2) is 5.11. The Balaban J connectivity index is 1.97. The van der Waals surface area contributed by atoms with Gasteiger partial charge >= 0.3 is 0 Å². The van der Waals surface area contributed by atoms with Gasteiger partial charge in [-0.1, -0.05) is 66.2 Å². The number of rotatable bonds is 1. The molecule has 0 radical (unpaired) electrons. The van der Waals surface area contributed by atoms with E-state index in [2.05, 4.69) is 24.3 Å². The van der Waals surface area contributed by atoms with Crippen molar-refractivity contribution in [1.29, 1.82) is 0 Å². The fourth-order valence-electron chi connectivity index (χ4n) is 2.98. The zero-order chi connectivity index (χ0) is 15.1. The molecule has 0 heterocycles. The van der Waals surface area contributed by atoms with Gasteiger partial charge in [0.15, 0.2) is 0 Å². The van der Waals surface area contributed by atoms with Crippen LogP contribution in [0.3, 0.4) is 0 Å². The number of fused-ring (bicyclic) bond motifs is 3. The molecule has 0 fully saturated rings. The molecule has 0 aromatic heterocycles. The van der Waals surface area contributed by atoms with Gasteiger partial charge < -0.3 is 0 Å². The minimum absolute atomic E-state index is 0.320. The van der Waals surface area contributed by atoms with E-state index in [0.717, 1.165) is 11.1 Å². The van der Waals surface area contributed by atoms with Crippen LogP contribution < -0.4 is 0 Å². The third-order valence-corrected chi connectivity index (χ3v) is 4.31. The molecule has 0 bridgehead atoms. The zero-order valence-corrected chi connectivity index (χ0v) is 12.4. The van der Waals surface area contributed by atoms with Gasteiger partial charge in [-0.15, -0.1) is 0 Å². The van der Waals surface area contributed by atoms with E-state index in [-0.39, 0.29) is 5.82 Å². The quantitative estimate of drug-likeness (QED) is 0.401. The van der Waals surface area contributed by atoms with E-state index >= 15 is 0 Å². The molecule has 3 aromatic rings.